The van der Waals surface area contributed by atoms with Gasteiger partial charge in [0.25, 0.3) is 5.60 Å². The van der Waals surface area contributed by atoms with Crippen LogP contribution in [-0.2, 0) is 9.53 Å². The number of esters is 1. The lowest BCUT2D eigenvalue weighted by Crippen LogP contribution is -2.67. The molecule has 0 bridgehead atoms. The van der Waals surface area contributed by atoms with Crippen molar-refractivity contribution in [1.82, 2.24) is 0 Å². The second-order valence-corrected chi connectivity index (χ2v) is 11.1. The van der Waals surface area contributed by atoms with Gasteiger partial charge in [-0.25, -0.2) is 0 Å². The maximum atomic E-state index is 14.1. The topological polar surface area (TPSA) is 46.5 Å². The normalized spacial score (nSPS) is 23.0. The Bertz CT molecular complexity index is 768. The Balaban J connectivity index is 3.53. The summed E-state index contributed by atoms with van der Waals surface area (Å²) in [7, 11) is 0. The lowest BCUT2D eigenvalue weighted by Gasteiger charge is -2.48. The van der Waals surface area contributed by atoms with Crippen molar-refractivity contribution in [3.63, 3.8) is 0 Å². The van der Waals surface area contributed by atoms with E-state index in [1.165, 1.54) is 6.92 Å². The third-order valence-electron chi connectivity index (χ3n) is 7.05. The summed E-state index contributed by atoms with van der Waals surface area (Å²) in [6, 6.07) is 0. The zero-order valence-corrected chi connectivity index (χ0v) is 20.7. The van der Waals surface area contributed by atoms with Gasteiger partial charge in [0, 0.05) is 11.8 Å². The highest BCUT2D eigenvalue weighted by Gasteiger charge is 2.79. The Morgan fingerprint density at radius 1 is 0.703 bits per heavy atom. The summed E-state index contributed by atoms with van der Waals surface area (Å²) in [5.41, 5.74) is -13.1. The molecule has 1 fully saturated rings. The van der Waals surface area contributed by atoms with Crippen LogP contribution in [0.25, 0.3) is 0 Å². The molecule has 1 N–H and O–H groups in total. The molecule has 1 atom stereocenters. The highest BCUT2D eigenvalue weighted by atomic mass is 19.4. The summed E-state index contributed by atoms with van der Waals surface area (Å²) in [4.78, 5) is 12.9. The maximum absolute atomic E-state index is 14.1. The van der Waals surface area contributed by atoms with E-state index in [9.17, 15) is 62.6 Å². The highest BCUT2D eigenvalue weighted by Crippen LogP contribution is 2.58. The molecule has 0 aliphatic heterocycles. The molecule has 15 heteroatoms. The predicted octanol–water partition coefficient (Wildman–Crippen LogP) is 7.91. The summed E-state index contributed by atoms with van der Waals surface area (Å²) in [5.74, 6) is -7.35. The van der Waals surface area contributed by atoms with Crippen molar-refractivity contribution in [2.45, 2.75) is 109 Å². The predicted molar refractivity (Wildman–Crippen MR) is 106 cm³/mol. The van der Waals surface area contributed by atoms with Gasteiger partial charge in [0.15, 0.2) is 0 Å². The van der Waals surface area contributed by atoms with E-state index in [4.69, 9.17) is 0 Å². The lowest BCUT2D eigenvalue weighted by molar-refractivity contribution is -0.400. The summed E-state index contributed by atoms with van der Waals surface area (Å²) in [5, 5.41) is 9.53. The van der Waals surface area contributed by atoms with Crippen LogP contribution in [0.4, 0.5) is 52.7 Å². The average Bonchev–Trinajstić information content (AvgIpc) is 2.66. The highest BCUT2D eigenvalue weighted by molar-refractivity contribution is 5.77. The van der Waals surface area contributed by atoms with Crippen molar-refractivity contribution >= 4 is 5.97 Å². The molecular weight excluding hydrogens is 540 g/mol. The van der Waals surface area contributed by atoms with Gasteiger partial charge in [-0.05, 0) is 50.9 Å². The van der Waals surface area contributed by atoms with Gasteiger partial charge in [-0.2, -0.15) is 52.7 Å². The number of ether oxygens (including phenoxy) is 1. The first-order chi connectivity index (χ1) is 16.1. The van der Waals surface area contributed by atoms with E-state index >= 15 is 0 Å². The number of alkyl halides is 12. The lowest BCUT2D eigenvalue weighted by atomic mass is 9.67. The first-order valence-electron chi connectivity index (χ1n) is 11.3. The number of halogens is 12. The van der Waals surface area contributed by atoms with Crippen LogP contribution in [0, 0.1) is 22.7 Å². The Hall–Kier alpha value is -1.41. The molecule has 1 aliphatic carbocycles. The van der Waals surface area contributed by atoms with E-state index in [0.29, 0.717) is 0 Å². The van der Waals surface area contributed by atoms with Crippen LogP contribution in [0.15, 0.2) is 0 Å². The summed E-state index contributed by atoms with van der Waals surface area (Å²) in [6.07, 6.45) is -31.5. The van der Waals surface area contributed by atoms with Gasteiger partial charge in [-0.15, -0.1) is 0 Å². The minimum atomic E-state index is -6.31. The van der Waals surface area contributed by atoms with Gasteiger partial charge < -0.3 is 9.84 Å². The van der Waals surface area contributed by atoms with Crippen LogP contribution < -0.4 is 0 Å². The van der Waals surface area contributed by atoms with Crippen molar-refractivity contribution in [2.24, 2.45) is 22.7 Å². The number of hydrogen-bond donors (Lipinski definition) is 1. The quantitative estimate of drug-likeness (QED) is 0.261. The molecule has 0 saturated heterocycles. The van der Waals surface area contributed by atoms with Crippen LogP contribution >= 0.6 is 0 Å². The number of hydrogen-bond acceptors (Lipinski definition) is 3. The minimum absolute atomic E-state index is 0.182. The van der Waals surface area contributed by atoms with E-state index in [0.717, 1.165) is 6.92 Å². The smallest absolute Gasteiger partial charge is 0.437 e. The first-order valence-corrected chi connectivity index (χ1v) is 11.3. The summed E-state index contributed by atoms with van der Waals surface area (Å²) >= 11 is 0. The standard InChI is InChI=1S/C22H30F12O3/c1-6-16(5,11-15(2,3)4)14(35)37-18(21(29,30)31,22(32,33)34)13-9-7-12(8-10-13)17(36,19(23,24)25)20(26,27)28/h12-13,36H,6-11H2,1-5H3. The fourth-order valence-corrected chi connectivity index (χ4v) is 5.15. The van der Waals surface area contributed by atoms with Gasteiger partial charge in [0.1, 0.15) is 0 Å². The molecule has 0 radical (unpaired) electrons. The largest absolute Gasteiger partial charge is 0.439 e. The fraction of sp³-hybridized carbons (Fsp3) is 0.955. The second kappa shape index (κ2) is 9.96. The second-order valence-electron chi connectivity index (χ2n) is 11.1. The maximum Gasteiger partial charge on any atom is 0.437 e. The summed E-state index contributed by atoms with van der Waals surface area (Å²) < 4.78 is 168. The van der Waals surface area contributed by atoms with Crippen molar-refractivity contribution in [3.05, 3.63) is 0 Å². The number of rotatable bonds is 6. The van der Waals surface area contributed by atoms with E-state index in [2.05, 4.69) is 4.74 Å². The molecule has 0 heterocycles. The third kappa shape index (κ3) is 6.26. The Morgan fingerprint density at radius 2 is 1.05 bits per heavy atom. The molecule has 0 aromatic rings. The molecule has 0 spiro atoms. The van der Waals surface area contributed by atoms with Crippen molar-refractivity contribution < 1.29 is 67.3 Å². The molecule has 3 nitrogen and oxygen atoms in total. The van der Waals surface area contributed by atoms with Gasteiger partial charge in [0.2, 0.25) is 0 Å². The van der Waals surface area contributed by atoms with Crippen molar-refractivity contribution in [2.75, 3.05) is 0 Å². The molecule has 0 aromatic carbocycles. The number of aliphatic hydroxyl groups is 1. The summed E-state index contributed by atoms with van der Waals surface area (Å²) in [6.45, 7) is 7.20. The van der Waals surface area contributed by atoms with E-state index < -0.39 is 90.2 Å². The van der Waals surface area contributed by atoms with Crippen LogP contribution in [0.1, 0.15) is 73.1 Å². The minimum Gasteiger partial charge on any atom is -0.439 e. The molecule has 220 valence electrons. The Labute approximate surface area is 205 Å². The van der Waals surface area contributed by atoms with Crippen molar-refractivity contribution in [1.29, 1.82) is 0 Å². The van der Waals surface area contributed by atoms with Gasteiger partial charge in [0.05, 0.1) is 5.41 Å². The SMILES string of the molecule is CCC(C)(CC(C)(C)C)C(=O)OC(C1CCC(C(O)(C(F)(F)F)C(F)(F)F)CC1)(C(F)(F)F)C(F)(F)F. The zero-order valence-electron chi connectivity index (χ0n) is 20.7. The Morgan fingerprint density at radius 3 is 1.32 bits per heavy atom. The molecule has 0 aromatic heterocycles. The Kier molecular flexibility index (Phi) is 9.05. The van der Waals surface area contributed by atoms with Crippen LogP contribution in [-0.4, -0.2) is 47.0 Å². The van der Waals surface area contributed by atoms with E-state index in [1.54, 1.807) is 20.8 Å². The van der Waals surface area contributed by atoms with Crippen LogP contribution in [0.3, 0.4) is 0 Å². The monoisotopic (exact) mass is 570 g/mol. The number of carbonyl (C=O) groups excluding carboxylic acids is 1. The molecule has 1 saturated carbocycles. The molecule has 1 aliphatic rings. The third-order valence-corrected chi connectivity index (χ3v) is 7.05. The molecule has 0 amide bonds. The van der Waals surface area contributed by atoms with Gasteiger partial charge in [-0.3, -0.25) is 4.79 Å². The zero-order chi connectivity index (χ0) is 29.7. The van der Waals surface area contributed by atoms with E-state index in [-0.39, 0.29) is 12.8 Å². The van der Waals surface area contributed by atoms with Gasteiger partial charge in [-0.1, -0.05) is 27.7 Å². The van der Waals surface area contributed by atoms with Crippen LogP contribution in [0.2, 0.25) is 0 Å². The van der Waals surface area contributed by atoms with Gasteiger partial charge >= 0.3 is 36.3 Å². The van der Waals surface area contributed by atoms with E-state index in [1.807, 2.05) is 0 Å². The molecule has 1 unspecified atom stereocenters. The van der Waals surface area contributed by atoms with Crippen molar-refractivity contribution in [3.8, 4) is 0 Å². The fourth-order valence-electron chi connectivity index (χ4n) is 5.15. The molecular formula is C22H30F12O3. The van der Waals surface area contributed by atoms with Crippen LogP contribution in [0.5, 0.6) is 0 Å². The molecule has 1 rings (SSSR count). The molecule has 37 heavy (non-hydrogen) atoms. The average molecular weight is 570 g/mol. The number of carbonyl (C=O) groups is 1. The first kappa shape index (κ1) is 33.6.